The topological polar surface area (TPSA) is 12.4 Å². The highest BCUT2D eigenvalue weighted by Gasteiger charge is 2.17. The maximum Gasteiger partial charge on any atom is 0.0981 e. The number of rotatable bonds is 2. The van der Waals surface area contributed by atoms with Crippen molar-refractivity contribution < 1.29 is 0 Å². The standard InChI is InChI=1S/C11H12ClNS/c1-8-2-4-9(5-3-8)11-13-10(6-12)7-14-11/h2-5,10H,6-7H2,1H3. The third kappa shape index (κ3) is 2.12. The van der Waals surface area contributed by atoms with E-state index in [2.05, 4.69) is 36.2 Å². The zero-order valence-corrected chi connectivity index (χ0v) is 9.61. The van der Waals surface area contributed by atoms with E-state index in [-0.39, 0.29) is 0 Å². The van der Waals surface area contributed by atoms with Gasteiger partial charge in [-0.3, -0.25) is 4.99 Å². The molecule has 0 saturated heterocycles. The van der Waals surface area contributed by atoms with Gasteiger partial charge in [-0.2, -0.15) is 0 Å². The lowest BCUT2D eigenvalue weighted by Gasteiger charge is -1.99. The van der Waals surface area contributed by atoms with Gasteiger partial charge in [0, 0.05) is 17.2 Å². The Labute approximate surface area is 93.6 Å². The second-order valence-electron chi connectivity index (χ2n) is 3.42. The lowest BCUT2D eigenvalue weighted by atomic mass is 10.2. The van der Waals surface area contributed by atoms with E-state index in [0.29, 0.717) is 11.9 Å². The number of halogens is 1. The van der Waals surface area contributed by atoms with Gasteiger partial charge < -0.3 is 0 Å². The quantitative estimate of drug-likeness (QED) is 0.705. The molecule has 1 unspecified atom stereocenters. The average molecular weight is 226 g/mol. The van der Waals surface area contributed by atoms with Crippen LogP contribution in [0.1, 0.15) is 11.1 Å². The third-order valence-electron chi connectivity index (χ3n) is 2.19. The summed E-state index contributed by atoms with van der Waals surface area (Å²) in [6.45, 7) is 2.09. The van der Waals surface area contributed by atoms with Crippen LogP contribution in [-0.4, -0.2) is 22.7 Å². The summed E-state index contributed by atoms with van der Waals surface area (Å²) in [6.07, 6.45) is 0. The molecule has 0 spiro atoms. The maximum atomic E-state index is 5.77. The van der Waals surface area contributed by atoms with Crippen molar-refractivity contribution in [1.29, 1.82) is 0 Å². The number of alkyl halides is 1. The van der Waals surface area contributed by atoms with Crippen LogP contribution in [0.3, 0.4) is 0 Å². The highest BCUT2D eigenvalue weighted by Crippen LogP contribution is 2.24. The van der Waals surface area contributed by atoms with Crippen molar-refractivity contribution in [2.24, 2.45) is 4.99 Å². The molecule has 14 heavy (non-hydrogen) atoms. The highest BCUT2D eigenvalue weighted by atomic mass is 35.5. The average Bonchev–Trinajstić information content (AvgIpc) is 2.67. The molecule has 0 amide bonds. The molecule has 0 saturated carbocycles. The number of aliphatic imine (C=N–C) groups is 1. The van der Waals surface area contributed by atoms with Crippen LogP contribution < -0.4 is 0 Å². The van der Waals surface area contributed by atoms with Crippen molar-refractivity contribution in [3.63, 3.8) is 0 Å². The van der Waals surface area contributed by atoms with Crippen LogP contribution in [0.25, 0.3) is 0 Å². The molecule has 0 aromatic heterocycles. The van der Waals surface area contributed by atoms with Crippen molar-refractivity contribution in [2.75, 3.05) is 11.6 Å². The molecule has 1 aliphatic heterocycles. The highest BCUT2D eigenvalue weighted by molar-refractivity contribution is 8.14. The molecule has 1 aliphatic rings. The molecule has 1 heterocycles. The van der Waals surface area contributed by atoms with Crippen molar-refractivity contribution in [3.8, 4) is 0 Å². The van der Waals surface area contributed by atoms with Gasteiger partial charge in [0.25, 0.3) is 0 Å². The van der Waals surface area contributed by atoms with Gasteiger partial charge in [0.2, 0.25) is 0 Å². The second-order valence-corrected chi connectivity index (χ2v) is 4.74. The second kappa shape index (κ2) is 4.37. The molecule has 0 aliphatic carbocycles. The fourth-order valence-electron chi connectivity index (χ4n) is 1.35. The molecule has 0 N–H and O–H groups in total. The van der Waals surface area contributed by atoms with Crippen molar-refractivity contribution in [1.82, 2.24) is 0 Å². The van der Waals surface area contributed by atoms with Crippen LogP contribution >= 0.6 is 23.4 Å². The van der Waals surface area contributed by atoms with Gasteiger partial charge in [-0.1, -0.05) is 29.8 Å². The van der Waals surface area contributed by atoms with Crippen LogP contribution in [-0.2, 0) is 0 Å². The fourth-order valence-corrected chi connectivity index (χ4v) is 2.73. The summed E-state index contributed by atoms with van der Waals surface area (Å²) < 4.78 is 0. The van der Waals surface area contributed by atoms with Gasteiger partial charge in [0.1, 0.15) is 0 Å². The zero-order valence-electron chi connectivity index (χ0n) is 8.03. The monoisotopic (exact) mass is 225 g/mol. The third-order valence-corrected chi connectivity index (χ3v) is 3.71. The van der Waals surface area contributed by atoms with Crippen LogP contribution in [0.4, 0.5) is 0 Å². The first-order valence-electron chi connectivity index (χ1n) is 4.63. The molecule has 0 bridgehead atoms. The summed E-state index contributed by atoms with van der Waals surface area (Å²) in [5.41, 5.74) is 2.50. The Bertz CT molecular complexity index is 345. The summed E-state index contributed by atoms with van der Waals surface area (Å²) >= 11 is 7.56. The van der Waals surface area contributed by atoms with Crippen LogP contribution in [0.15, 0.2) is 29.3 Å². The molecular formula is C11H12ClNS. The fraction of sp³-hybridized carbons (Fsp3) is 0.364. The largest absolute Gasteiger partial charge is 0.272 e. The summed E-state index contributed by atoms with van der Waals surface area (Å²) in [5.74, 6) is 1.65. The van der Waals surface area contributed by atoms with E-state index < -0.39 is 0 Å². The number of benzene rings is 1. The lowest BCUT2D eigenvalue weighted by molar-refractivity contribution is 0.873. The molecule has 0 fully saturated rings. The Morgan fingerprint density at radius 3 is 2.71 bits per heavy atom. The molecule has 1 aromatic carbocycles. The minimum atomic E-state index is 0.304. The first-order chi connectivity index (χ1) is 6.79. The van der Waals surface area contributed by atoms with Crippen molar-refractivity contribution >= 4 is 28.4 Å². The first kappa shape index (κ1) is 10.1. The van der Waals surface area contributed by atoms with E-state index in [1.165, 1.54) is 11.1 Å². The minimum Gasteiger partial charge on any atom is -0.272 e. The Balaban J connectivity index is 2.20. The minimum absolute atomic E-state index is 0.304. The first-order valence-corrected chi connectivity index (χ1v) is 6.15. The van der Waals surface area contributed by atoms with E-state index in [1.54, 1.807) is 11.8 Å². The van der Waals surface area contributed by atoms with Crippen LogP contribution in [0.5, 0.6) is 0 Å². The van der Waals surface area contributed by atoms with E-state index in [1.807, 2.05) is 0 Å². The van der Waals surface area contributed by atoms with Gasteiger partial charge in [-0.25, -0.2) is 0 Å². The molecule has 1 atom stereocenters. The lowest BCUT2D eigenvalue weighted by Crippen LogP contribution is -2.03. The number of nitrogens with zero attached hydrogens (tertiary/aromatic N) is 1. The molecule has 1 aromatic rings. The Kier molecular flexibility index (Phi) is 3.14. The SMILES string of the molecule is Cc1ccc(C2=NC(CCl)CS2)cc1. The molecule has 74 valence electrons. The number of aryl methyl sites for hydroxylation is 1. The predicted molar refractivity (Wildman–Crippen MR) is 64.7 cm³/mol. The van der Waals surface area contributed by atoms with Crippen LogP contribution in [0, 0.1) is 6.92 Å². The molecule has 3 heteroatoms. The molecule has 0 radical (unpaired) electrons. The van der Waals surface area contributed by atoms with E-state index in [4.69, 9.17) is 11.6 Å². The van der Waals surface area contributed by atoms with E-state index in [9.17, 15) is 0 Å². The van der Waals surface area contributed by atoms with Gasteiger partial charge >= 0.3 is 0 Å². The van der Waals surface area contributed by atoms with Crippen molar-refractivity contribution in [3.05, 3.63) is 35.4 Å². The zero-order chi connectivity index (χ0) is 9.97. The molecule has 1 nitrogen and oxygen atoms in total. The smallest absolute Gasteiger partial charge is 0.0981 e. The Morgan fingerprint density at radius 2 is 2.14 bits per heavy atom. The summed E-state index contributed by atoms with van der Waals surface area (Å²) in [5, 5.41) is 1.13. The number of hydrogen-bond acceptors (Lipinski definition) is 2. The van der Waals surface area contributed by atoms with E-state index >= 15 is 0 Å². The van der Waals surface area contributed by atoms with Gasteiger partial charge in [0.05, 0.1) is 11.1 Å². The number of hydrogen-bond donors (Lipinski definition) is 0. The summed E-state index contributed by atoms with van der Waals surface area (Å²) in [7, 11) is 0. The summed E-state index contributed by atoms with van der Waals surface area (Å²) in [4.78, 5) is 4.55. The van der Waals surface area contributed by atoms with Crippen LogP contribution in [0.2, 0.25) is 0 Å². The summed E-state index contributed by atoms with van der Waals surface area (Å²) in [6, 6.07) is 8.78. The molecule has 2 rings (SSSR count). The van der Waals surface area contributed by atoms with E-state index in [0.717, 1.165) is 10.8 Å². The van der Waals surface area contributed by atoms with Crippen molar-refractivity contribution in [2.45, 2.75) is 13.0 Å². The van der Waals surface area contributed by atoms with Gasteiger partial charge in [-0.15, -0.1) is 23.4 Å². The predicted octanol–water partition coefficient (Wildman–Crippen LogP) is 3.10. The maximum absolute atomic E-state index is 5.77. The molecular weight excluding hydrogens is 214 g/mol. The number of thioether (sulfide) groups is 1. The van der Waals surface area contributed by atoms with Gasteiger partial charge in [0.15, 0.2) is 0 Å². The van der Waals surface area contributed by atoms with Gasteiger partial charge in [-0.05, 0) is 6.92 Å². The Hall–Kier alpha value is -0.470. The Morgan fingerprint density at radius 1 is 1.43 bits per heavy atom. The normalized spacial score (nSPS) is 21.0.